The van der Waals surface area contributed by atoms with E-state index < -0.39 is 12.3 Å². The number of ether oxygens (including phenoxy) is 1. The third kappa shape index (κ3) is 1.96. The van der Waals surface area contributed by atoms with E-state index in [2.05, 4.69) is 15.0 Å². The Kier molecular flexibility index (Phi) is 3.09. The van der Waals surface area contributed by atoms with Gasteiger partial charge in [0.05, 0.1) is 19.0 Å². The largest absolute Gasteiger partial charge is 0.394 e. The fraction of sp³-hybridized carbons (Fsp3) is 0.545. The Labute approximate surface area is 113 Å². The number of aryl methyl sites for hydroxylation is 1. The monoisotopic (exact) mass is 282 g/mol. The maximum atomic E-state index is 10.1. The molecule has 19 heavy (non-hydrogen) atoms. The molecule has 3 atom stereocenters. The number of hydrogen-bond donors (Lipinski definition) is 3. The number of rotatable bonds is 2. The Morgan fingerprint density at radius 2 is 2.42 bits per heavy atom. The predicted octanol–water partition coefficient (Wildman–Crippen LogP) is 0.438. The molecule has 0 unspecified atom stereocenters. The van der Waals surface area contributed by atoms with Crippen molar-refractivity contribution < 1.29 is 14.9 Å². The Morgan fingerprint density at radius 1 is 1.63 bits per heavy atom. The summed E-state index contributed by atoms with van der Waals surface area (Å²) >= 11 is 5.24. The van der Waals surface area contributed by atoms with Crippen LogP contribution in [0.15, 0.2) is 6.33 Å². The van der Waals surface area contributed by atoms with E-state index >= 15 is 0 Å². The fourth-order valence-electron chi connectivity index (χ4n) is 2.43. The zero-order valence-electron chi connectivity index (χ0n) is 10.3. The Balaban J connectivity index is 2.12. The first-order valence-corrected chi connectivity index (χ1v) is 6.39. The van der Waals surface area contributed by atoms with Crippen LogP contribution in [0.5, 0.6) is 0 Å². The summed E-state index contributed by atoms with van der Waals surface area (Å²) in [6, 6.07) is 0. The first-order valence-electron chi connectivity index (χ1n) is 5.98. The van der Waals surface area contributed by atoms with Gasteiger partial charge in [-0.25, -0.2) is 4.98 Å². The van der Waals surface area contributed by atoms with Crippen molar-refractivity contribution >= 4 is 23.4 Å². The highest BCUT2D eigenvalue weighted by atomic mass is 32.1. The molecule has 0 aliphatic carbocycles. The number of nitrogens with zero attached hydrogens (tertiary/aromatic N) is 3. The molecule has 3 rings (SSSR count). The van der Waals surface area contributed by atoms with E-state index in [9.17, 15) is 5.11 Å². The molecule has 2 aromatic heterocycles. The zero-order valence-corrected chi connectivity index (χ0v) is 11.1. The summed E-state index contributed by atoms with van der Waals surface area (Å²) in [6.07, 6.45) is 0.212. The Hall–Kier alpha value is -1.35. The number of hydrogen-bond acceptors (Lipinski definition) is 6. The van der Waals surface area contributed by atoms with Gasteiger partial charge in [0.2, 0.25) is 4.77 Å². The van der Waals surface area contributed by atoms with E-state index in [0.29, 0.717) is 16.8 Å². The maximum absolute atomic E-state index is 10.1. The van der Waals surface area contributed by atoms with Crippen molar-refractivity contribution in [1.82, 2.24) is 19.5 Å². The Morgan fingerprint density at radius 3 is 3.11 bits per heavy atom. The van der Waals surface area contributed by atoms with Gasteiger partial charge in [-0.2, -0.15) is 4.98 Å². The van der Waals surface area contributed by atoms with Crippen molar-refractivity contribution in [2.45, 2.75) is 31.8 Å². The number of aliphatic hydroxyl groups is 2. The third-order valence-electron chi connectivity index (χ3n) is 3.37. The van der Waals surface area contributed by atoms with Crippen LogP contribution < -0.4 is 0 Å². The van der Waals surface area contributed by atoms with Crippen LogP contribution in [-0.2, 0) is 4.74 Å². The molecule has 0 saturated carbocycles. The van der Waals surface area contributed by atoms with Gasteiger partial charge in [0.1, 0.15) is 11.6 Å². The molecule has 1 aliphatic heterocycles. The van der Waals surface area contributed by atoms with Crippen LogP contribution in [0, 0.1) is 11.7 Å². The van der Waals surface area contributed by atoms with E-state index in [4.69, 9.17) is 22.1 Å². The SMILES string of the molecule is Cc1c2[nH]cnc2nc(=S)n1[C@@H]1O[C@H](CO)C[C@H]1O. The lowest BCUT2D eigenvalue weighted by molar-refractivity contribution is -0.0527. The molecular formula is C11H14N4O3S. The highest BCUT2D eigenvalue weighted by Crippen LogP contribution is 2.30. The van der Waals surface area contributed by atoms with Crippen molar-refractivity contribution in [2.75, 3.05) is 6.61 Å². The van der Waals surface area contributed by atoms with Crippen molar-refractivity contribution in [2.24, 2.45) is 0 Å². The summed E-state index contributed by atoms with van der Waals surface area (Å²) in [6.45, 7) is 1.74. The van der Waals surface area contributed by atoms with E-state index in [-0.39, 0.29) is 12.7 Å². The van der Waals surface area contributed by atoms with Crippen LogP contribution in [0.3, 0.4) is 0 Å². The second-order valence-corrected chi connectivity index (χ2v) is 4.95. The lowest BCUT2D eigenvalue weighted by Crippen LogP contribution is -2.23. The van der Waals surface area contributed by atoms with Crippen LogP contribution in [0.4, 0.5) is 0 Å². The summed E-state index contributed by atoms with van der Waals surface area (Å²) < 4.78 is 7.59. The lowest BCUT2D eigenvalue weighted by Gasteiger charge is -2.20. The molecule has 0 spiro atoms. The number of imidazole rings is 1. The Bertz CT molecular complexity index is 667. The molecule has 1 fully saturated rings. The summed E-state index contributed by atoms with van der Waals surface area (Å²) in [5.74, 6) is 0. The van der Waals surface area contributed by atoms with E-state index in [1.54, 1.807) is 10.9 Å². The molecule has 0 bridgehead atoms. The third-order valence-corrected chi connectivity index (χ3v) is 3.66. The number of nitrogens with one attached hydrogen (secondary N) is 1. The summed E-state index contributed by atoms with van der Waals surface area (Å²) in [4.78, 5) is 11.3. The maximum Gasteiger partial charge on any atom is 0.204 e. The molecule has 0 aromatic carbocycles. The van der Waals surface area contributed by atoms with E-state index in [1.807, 2.05) is 6.92 Å². The molecule has 1 saturated heterocycles. The van der Waals surface area contributed by atoms with Gasteiger partial charge in [-0.15, -0.1) is 0 Å². The van der Waals surface area contributed by atoms with Crippen molar-refractivity contribution in [3.8, 4) is 0 Å². The zero-order chi connectivity index (χ0) is 13.6. The van der Waals surface area contributed by atoms with Gasteiger partial charge in [0.15, 0.2) is 11.9 Å². The smallest absolute Gasteiger partial charge is 0.204 e. The van der Waals surface area contributed by atoms with Crippen LogP contribution in [0.2, 0.25) is 0 Å². The van der Waals surface area contributed by atoms with Crippen molar-refractivity contribution in [1.29, 1.82) is 0 Å². The number of aromatic amines is 1. The minimum Gasteiger partial charge on any atom is -0.394 e. The average Bonchev–Trinajstić information content (AvgIpc) is 2.96. The van der Waals surface area contributed by atoms with E-state index in [0.717, 1.165) is 11.2 Å². The normalized spacial score (nSPS) is 27.2. The first kappa shape index (κ1) is 12.7. The van der Waals surface area contributed by atoms with Crippen LogP contribution in [-0.4, -0.2) is 48.5 Å². The molecule has 8 heteroatoms. The van der Waals surface area contributed by atoms with Crippen molar-refractivity contribution in [3.05, 3.63) is 16.8 Å². The number of aliphatic hydroxyl groups excluding tert-OH is 2. The first-order chi connectivity index (χ1) is 9.11. The predicted molar refractivity (Wildman–Crippen MR) is 69.1 cm³/mol. The molecule has 0 radical (unpaired) electrons. The van der Waals surface area contributed by atoms with E-state index in [1.165, 1.54) is 0 Å². The molecule has 3 heterocycles. The molecule has 1 aliphatic rings. The van der Waals surface area contributed by atoms with Gasteiger partial charge >= 0.3 is 0 Å². The van der Waals surface area contributed by atoms with Gasteiger partial charge in [0, 0.05) is 12.1 Å². The molecule has 3 N–H and O–H groups in total. The molecule has 2 aromatic rings. The van der Waals surface area contributed by atoms with Crippen LogP contribution in [0.25, 0.3) is 11.2 Å². The summed E-state index contributed by atoms with van der Waals surface area (Å²) in [7, 11) is 0. The quantitative estimate of drug-likeness (QED) is 0.692. The molecular weight excluding hydrogens is 268 g/mol. The standard InChI is InChI=1S/C11H14N4O3S/c1-5-8-9(13-4-12-8)14-11(19)15(5)10-7(17)2-6(3-16)18-10/h4,6-7,10,16-17H,2-3H2,1H3,(H,12,13,14,19)/t6-,7+,10+/m0/s1. The van der Waals surface area contributed by atoms with Crippen molar-refractivity contribution in [3.63, 3.8) is 0 Å². The van der Waals surface area contributed by atoms with Crippen LogP contribution in [0.1, 0.15) is 18.3 Å². The average molecular weight is 282 g/mol. The summed E-state index contributed by atoms with van der Waals surface area (Å²) in [5, 5.41) is 19.2. The number of H-pyrrole nitrogens is 1. The topological polar surface area (TPSA) is 96.2 Å². The van der Waals surface area contributed by atoms with Gasteiger partial charge < -0.3 is 19.9 Å². The second kappa shape index (κ2) is 4.64. The number of fused-ring (bicyclic) bond motifs is 1. The lowest BCUT2D eigenvalue weighted by atomic mass is 10.2. The van der Waals surface area contributed by atoms with Gasteiger partial charge in [-0.3, -0.25) is 4.57 Å². The molecule has 102 valence electrons. The second-order valence-electron chi connectivity index (χ2n) is 4.59. The highest BCUT2D eigenvalue weighted by molar-refractivity contribution is 7.71. The number of aromatic nitrogens is 4. The summed E-state index contributed by atoms with van der Waals surface area (Å²) in [5.41, 5.74) is 2.11. The van der Waals surface area contributed by atoms with Crippen LogP contribution >= 0.6 is 12.2 Å². The highest BCUT2D eigenvalue weighted by Gasteiger charge is 2.36. The minimum atomic E-state index is -0.718. The fourth-order valence-corrected chi connectivity index (χ4v) is 2.75. The molecule has 0 amide bonds. The molecule has 7 nitrogen and oxygen atoms in total. The van der Waals surface area contributed by atoms with Gasteiger partial charge in [-0.05, 0) is 19.1 Å². The van der Waals surface area contributed by atoms with Gasteiger partial charge in [0.25, 0.3) is 0 Å². The minimum absolute atomic E-state index is 0.125. The van der Waals surface area contributed by atoms with Gasteiger partial charge in [-0.1, -0.05) is 0 Å².